The highest BCUT2D eigenvalue weighted by molar-refractivity contribution is 6.09. The summed E-state index contributed by atoms with van der Waals surface area (Å²) in [5.41, 5.74) is 0.627. The molecule has 0 saturated carbocycles. The van der Waals surface area contributed by atoms with Gasteiger partial charge >= 0.3 is 0 Å². The van der Waals surface area contributed by atoms with Gasteiger partial charge in [-0.15, -0.1) is 6.42 Å². The Kier molecular flexibility index (Phi) is 5.39. The van der Waals surface area contributed by atoms with E-state index in [0.717, 1.165) is 5.56 Å². The summed E-state index contributed by atoms with van der Waals surface area (Å²) >= 11 is 0. The zero-order valence-corrected chi connectivity index (χ0v) is 18.3. The highest BCUT2D eigenvalue weighted by atomic mass is 16.5. The molecule has 1 fully saturated rings. The van der Waals surface area contributed by atoms with E-state index in [4.69, 9.17) is 11.2 Å². The van der Waals surface area contributed by atoms with Crippen LogP contribution < -0.4 is 15.0 Å². The molecule has 7 heteroatoms. The topological polar surface area (TPSA) is 79.0 Å². The van der Waals surface area contributed by atoms with Crippen LogP contribution in [0, 0.1) is 18.3 Å². The van der Waals surface area contributed by atoms with Crippen molar-refractivity contribution in [3.05, 3.63) is 59.7 Å². The molecule has 7 nitrogen and oxygen atoms in total. The quantitative estimate of drug-likeness (QED) is 0.752. The van der Waals surface area contributed by atoms with Crippen molar-refractivity contribution in [3.8, 4) is 18.1 Å². The number of terminal acetylenes is 1. The SMILES string of the molecule is C#CCN1C(=O)[C@]2(C)[C@H](c3ccccc31)[C@@H](C(=O)NC)CN2C(=O)c1cccc(OC)c1. The molecule has 0 aromatic heterocycles. The van der Waals surface area contributed by atoms with E-state index in [1.54, 1.807) is 38.2 Å². The Labute approximate surface area is 187 Å². The van der Waals surface area contributed by atoms with Gasteiger partial charge in [-0.3, -0.25) is 19.3 Å². The van der Waals surface area contributed by atoms with Gasteiger partial charge in [0.25, 0.3) is 11.8 Å². The molecule has 3 atom stereocenters. The van der Waals surface area contributed by atoms with Crippen LogP contribution in [-0.2, 0) is 9.59 Å². The van der Waals surface area contributed by atoms with Gasteiger partial charge in [0.1, 0.15) is 11.3 Å². The summed E-state index contributed by atoms with van der Waals surface area (Å²) in [5.74, 6) is 1.15. The Bertz CT molecular complexity index is 1140. The molecule has 32 heavy (non-hydrogen) atoms. The van der Waals surface area contributed by atoms with Crippen LogP contribution in [-0.4, -0.2) is 55.4 Å². The molecule has 0 bridgehead atoms. The van der Waals surface area contributed by atoms with Crippen LogP contribution in [0.2, 0.25) is 0 Å². The number of carbonyl (C=O) groups excluding carboxylic acids is 3. The minimum atomic E-state index is -1.28. The standard InChI is InChI=1S/C25H25N3O4/c1-5-13-27-20-12-7-6-11-18(20)21-19(22(29)26-3)15-28(25(21,2)24(27)31)23(30)16-9-8-10-17(14-16)32-4/h1,6-12,14,19,21H,13,15H2,2-4H3,(H,26,29)/t19-,21+,25-/m0/s1. The lowest BCUT2D eigenvalue weighted by molar-refractivity contribution is -0.128. The molecule has 0 radical (unpaired) electrons. The number of anilines is 1. The summed E-state index contributed by atoms with van der Waals surface area (Å²) < 4.78 is 5.26. The number of hydrogen-bond acceptors (Lipinski definition) is 4. The van der Waals surface area contributed by atoms with Crippen molar-refractivity contribution in [2.75, 3.05) is 32.1 Å². The largest absolute Gasteiger partial charge is 0.497 e. The second-order valence-corrected chi connectivity index (χ2v) is 8.15. The number of nitrogens with one attached hydrogen (secondary N) is 1. The number of benzene rings is 2. The Hall–Kier alpha value is -3.79. The fourth-order valence-electron chi connectivity index (χ4n) is 5.07. The number of fused-ring (bicyclic) bond motifs is 3. The van der Waals surface area contributed by atoms with Crippen LogP contribution in [0.15, 0.2) is 48.5 Å². The molecule has 1 N–H and O–H groups in total. The minimum absolute atomic E-state index is 0.0734. The molecule has 164 valence electrons. The molecule has 2 aliphatic heterocycles. The van der Waals surface area contributed by atoms with Gasteiger partial charge in [0.2, 0.25) is 5.91 Å². The lowest BCUT2D eigenvalue weighted by Crippen LogP contribution is -2.61. The normalized spacial score (nSPS) is 23.8. The molecule has 3 amide bonds. The fourth-order valence-corrected chi connectivity index (χ4v) is 5.07. The van der Waals surface area contributed by atoms with Gasteiger partial charge in [-0.2, -0.15) is 0 Å². The fraction of sp³-hybridized carbons (Fsp3) is 0.320. The lowest BCUT2D eigenvalue weighted by Gasteiger charge is -2.46. The summed E-state index contributed by atoms with van der Waals surface area (Å²) in [6.45, 7) is 1.92. The van der Waals surface area contributed by atoms with Gasteiger partial charge in [-0.05, 0) is 36.8 Å². The molecule has 0 aliphatic carbocycles. The van der Waals surface area contributed by atoms with Crippen LogP contribution >= 0.6 is 0 Å². The van der Waals surface area contributed by atoms with Crippen molar-refractivity contribution in [2.45, 2.75) is 18.4 Å². The first-order chi connectivity index (χ1) is 15.4. The summed E-state index contributed by atoms with van der Waals surface area (Å²) in [4.78, 5) is 43.5. The van der Waals surface area contributed by atoms with Crippen molar-refractivity contribution < 1.29 is 19.1 Å². The highest BCUT2D eigenvalue weighted by Crippen LogP contribution is 2.53. The highest BCUT2D eigenvalue weighted by Gasteiger charge is 2.63. The summed E-state index contributed by atoms with van der Waals surface area (Å²) in [6.07, 6.45) is 5.57. The van der Waals surface area contributed by atoms with E-state index in [1.807, 2.05) is 24.3 Å². The maximum absolute atomic E-state index is 13.9. The monoisotopic (exact) mass is 431 g/mol. The van der Waals surface area contributed by atoms with Crippen molar-refractivity contribution in [1.82, 2.24) is 10.2 Å². The third-order valence-electron chi connectivity index (χ3n) is 6.58. The number of methoxy groups -OCH3 is 1. The van der Waals surface area contributed by atoms with Gasteiger partial charge in [0, 0.05) is 30.8 Å². The molecule has 1 saturated heterocycles. The van der Waals surface area contributed by atoms with Crippen LogP contribution in [0.5, 0.6) is 5.75 Å². The van der Waals surface area contributed by atoms with E-state index in [9.17, 15) is 14.4 Å². The molecule has 0 unspecified atom stereocenters. The van der Waals surface area contributed by atoms with E-state index in [-0.39, 0.29) is 30.8 Å². The molecular formula is C25H25N3O4. The summed E-state index contributed by atoms with van der Waals surface area (Å²) in [7, 11) is 3.09. The number of para-hydroxylation sites is 1. The Morgan fingerprint density at radius 1 is 1.25 bits per heavy atom. The zero-order chi connectivity index (χ0) is 23.0. The predicted octanol–water partition coefficient (Wildman–Crippen LogP) is 2.04. The smallest absolute Gasteiger partial charge is 0.254 e. The van der Waals surface area contributed by atoms with E-state index in [2.05, 4.69) is 11.2 Å². The first kappa shape index (κ1) is 21.4. The van der Waals surface area contributed by atoms with E-state index in [0.29, 0.717) is 17.0 Å². The van der Waals surface area contributed by atoms with E-state index < -0.39 is 17.4 Å². The summed E-state index contributed by atoms with van der Waals surface area (Å²) in [5, 5.41) is 2.70. The van der Waals surface area contributed by atoms with Gasteiger partial charge in [-0.25, -0.2) is 0 Å². The average molecular weight is 431 g/mol. The second-order valence-electron chi connectivity index (χ2n) is 8.15. The molecule has 2 aliphatic rings. The van der Waals surface area contributed by atoms with Gasteiger partial charge < -0.3 is 15.0 Å². The Balaban J connectivity index is 1.89. The number of nitrogens with zero attached hydrogens (tertiary/aromatic N) is 2. The molecule has 4 rings (SSSR count). The third kappa shape index (κ3) is 3.02. The Morgan fingerprint density at radius 3 is 2.69 bits per heavy atom. The summed E-state index contributed by atoms with van der Waals surface area (Å²) in [6, 6.07) is 14.2. The average Bonchev–Trinajstić information content (AvgIpc) is 3.15. The van der Waals surface area contributed by atoms with Crippen molar-refractivity contribution in [3.63, 3.8) is 0 Å². The molecule has 2 heterocycles. The molecule has 2 aromatic rings. The van der Waals surface area contributed by atoms with Gasteiger partial charge in [0.05, 0.1) is 19.6 Å². The number of likely N-dealkylation sites (tertiary alicyclic amines) is 1. The van der Waals surface area contributed by atoms with Crippen molar-refractivity contribution in [2.24, 2.45) is 5.92 Å². The van der Waals surface area contributed by atoms with Gasteiger partial charge in [-0.1, -0.05) is 30.2 Å². The minimum Gasteiger partial charge on any atom is -0.497 e. The number of carbonyl (C=O) groups is 3. The van der Waals surface area contributed by atoms with Crippen LogP contribution in [0.25, 0.3) is 0 Å². The van der Waals surface area contributed by atoms with E-state index in [1.165, 1.54) is 16.9 Å². The first-order valence-corrected chi connectivity index (χ1v) is 10.4. The number of hydrogen-bond donors (Lipinski definition) is 1. The lowest BCUT2D eigenvalue weighted by atomic mass is 9.71. The number of rotatable bonds is 4. The zero-order valence-electron chi connectivity index (χ0n) is 18.3. The number of amides is 3. The molecule has 0 spiro atoms. The van der Waals surface area contributed by atoms with Gasteiger partial charge in [0.15, 0.2) is 0 Å². The second kappa shape index (κ2) is 8.04. The third-order valence-corrected chi connectivity index (χ3v) is 6.58. The van der Waals surface area contributed by atoms with Crippen LogP contribution in [0.3, 0.4) is 0 Å². The van der Waals surface area contributed by atoms with Crippen molar-refractivity contribution >= 4 is 23.4 Å². The molecule has 2 aromatic carbocycles. The Morgan fingerprint density at radius 2 is 2.00 bits per heavy atom. The number of ether oxygens (including phenoxy) is 1. The predicted molar refractivity (Wildman–Crippen MR) is 120 cm³/mol. The van der Waals surface area contributed by atoms with Crippen LogP contribution in [0.4, 0.5) is 5.69 Å². The maximum Gasteiger partial charge on any atom is 0.254 e. The van der Waals surface area contributed by atoms with Crippen LogP contribution in [0.1, 0.15) is 28.8 Å². The molecular weight excluding hydrogens is 406 g/mol. The first-order valence-electron chi connectivity index (χ1n) is 10.4. The van der Waals surface area contributed by atoms with Crippen molar-refractivity contribution in [1.29, 1.82) is 0 Å². The maximum atomic E-state index is 13.9. The van der Waals surface area contributed by atoms with E-state index >= 15 is 0 Å².